The van der Waals surface area contributed by atoms with E-state index in [0.717, 1.165) is 28.6 Å². The first-order chi connectivity index (χ1) is 12.9. The number of aromatic amines is 1. The zero-order valence-corrected chi connectivity index (χ0v) is 14.0. The van der Waals surface area contributed by atoms with Crippen LogP contribution in [0.5, 0.6) is 11.5 Å². The highest BCUT2D eigenvalue weighted by atomic mass is 16.5. The number of imidazole rings is 1. The van der Waals surface area contributed by atoms with Crippen molar-refractivity contribution in [2.24, 2.45) is 0 Å². The number of pyridine rings is 1. The predicted molar refractivity (Wildman–Crippen MR) is 101 cm³/mol. The predicted octanol–water partition coefficient (Wildman–Crippen LogP) is 4.80. The molecule has 128 valence electrons. The fraction of sp³-hybridized carbons (Fsp3) is 0.0476. The third-order valence-corrected chi connectivity index (χ3v) is 3.93. The lowest BCUT2D eigenvalue weighted by molar-refractivity contribution is 0.483. The van der Waals surface area contributed by atoms with Crippen LogP contribution in [0.25, 0.3) is 0 Å². The monoisotopic (exact) mass is 342 g/mol. The van der Waals surface area contributed by atoms with Crippen molar-refractivity contribution in [1.82, 2.24) is 15.0 Å². The summed E-state index contributed by atoms with van der Waals surface area (Å²) in [5.74, 6) is 2.40. The molecule has 5 heteroatoms. The zero-order chi connectivity index (χ0) is 17.6. The molecular formula is C21H18N4O. The average Bonchev–Trinajstić information content (AvgIpc) is 3.22. The molecule has 4 aromatic rings. The Hall–Kier alpha value is -3.60. The van der Waals surface area contributed by atoms with Crippen molar-refractivity contribution < 1.29 is 4.74 Å². The second kappa shape index (κ2) is 7.53. The molecule has 0 radical (unpaired) electrons. The second-order valence-electron chi connectivity index (χ2n) is 5.78. The van der Waals surface area contributed by atoms with Gasteiger partial charge >= 0.3 is 0 Å². The maximum atomic E-state index is 5.92. The SMILES string of the molecule is c1ccc(Oc2cccc(N[C@@H](c3cccnc3)c3ncc[nH]3)c2)cc1. The van der Waals surface area contributed by atoms with Gasteiger partial charge in [0.05, 0.1) is 0 Å². The lowest BCUT2D eigenvalue weighted by Crippen LogP contribution is -2.14. The van der Waals surface area contributed by atoms with Gasteiger partial charge in [0.15, 0.2) is 0 Å². The number of H-pyrrole nitrogens is 1. The highest BCUT2D eigenvalue weighted by Gasteiger charge is 2.16. The quantitative estimate of drug-likeness (QED) is 0.528. The van der Waals surface area contributed by atoms with E-state index in [0.29, 0.717) is 0 Å². The van der Waals surface area contributed by atoms with Gasteiger partial charge in [-0.25, -0.2) is 4.98 Å². The van der Waals surface area contributed by atoms with Gasteiger partial charge in [-0.05, 0) is 30.3 Å². The molecule has 0 saturated heterocycles. The van der Waals surface area contributed by atoms with E-state index in [1.165, 1.54) is 0 Å². The number of hydrogen-bond donors (Lipinski definition) is 2. The minimum absolute atomic E-state index is 0.134. The van der Waals surface area contributed by atoms with Gasteiger partial charge in [0.2, 0.25) is 0 Å². The fourth-order valence-corrected chi connectivity index (χ4v) is 2.73. The van der Waals surface area contributed by atoms with Gasteiger partial charge in [-0.2, -0.15) is 0 Å². The van der Waals surface area contributed by atoms with E-state index in [9.17, 15) is 0 Å². The second-order valence-corrected chi connectivity index (χ2v) is 5.78. The van der Waals surface area contributed by atoms with Crippen LogP contribution >= 0.6 is 0 Å². The molecule has 0 aliphatic rings. The number of hydrogen-bond acceptors (Lipinski definition) is 4. The first-order valence-electron chi connectivity index (χ1n) is 8.37. The minimum Gasteiger partial charge on any atom is -0.457 e. The van der Waals surface area contributed by atoms with E-state index >= 15 is 0 Å². The Labute approximate surface area is 151 Å². The molecule has 0 unspecified atom stereocenters. The molecule has 5 nitrogen and oxygen atoms in total. The first kappa shape index (κ1) is 15.9. The Morgan fingerprint density at radius 1 is 0.885 bits per heavy atom. The molecule has 0 saturated carbocycles. The number of anilines is 1. The number of ether oxygens (including phenoxy) is 1. The molecule has 0 aliphatic heterocycles. The van der Waals surface area contributed by atoms with E-state index < -0.39 is 0 Å². The molecule has 2 heterocycles. The highest BCUT2D eigenvalue weighted by Crippen LogP contribution is 2.28. The maximum Gasteiger partial charge on any atom is 0.133 e. The topological polar surface area (TPSA) is 62.8 Å². The summed E-state index contributed by atoms with van der Waals surface area (Å²) in [6, 6.07) is 21.4. The summed E-state index contributed by atoms with van der Waals surface area (Å²) in [6.45, 7) is 0. The fourth-order valence-electron chi connectivity index (χ4n) is 2.73. The number of para-hydroxylation sites is 1. The van der Waals surface area contributed by atoms with E-state index in [1.54, 1.807) is 12.4 Å². The van der Waals surface area contributed by atoms with Gasteiger partial charge < -0.3 is 15.0 Å². The molecule has 0 aliphatic carbocycles. The summed E-state index contributed by atoms with van der Waals surface area (Å²) in [5, 5.41) is 3.51. The number of rotatable bonds is 6. The van der Waals surface area contributed by atoms with E-state index in [4.69, 9.17) is 4.74 Å². The van der Waals surface area contributed by atoms with Crippen molar-refractivity contribution in [2.45, 2.75) is 6.04 Å². The van der Waals surface area contributed by atoms with Crippen molar-refractivity contribution in [2.75, 3.05) is 5.32 Å². The number of benzene rings is 2. The summed E-state index contributed by atoms with van der Waals surface area (Å²) in [6.07, 6.45) is 7.16. The van der Waals surface area contributed by atoms with Gasteiger partial charge in [0.25, 0.3) is 0 Å². The van der Waals surface area contributed by atoms with Gasteiger partial charge in [-0.1, -0.05) is 30.3 Å². The van der Waals surface area contributed by atoms with Crippen LogP contribution in [0.15, 0.2) is 91.5 Å². The third-order valence-electron chi connectivity index (χ3n) is 3.93. The van der Waals surface area contributed by atoms with Crippen molar-refractivity contribution >= 4 is 5.69 Å². The van der Waals surface area contributed by atoms with Crippen LogP contribution < -0.4 is 10.1 Å². The Morgan fingerprint density at radius 2 is 1.77 bits per heavy atom. The molecule has 4 rings (SSSR count). The molecule has 0 bridgehead atoms. The molecule has 26 heavy (non-hydrogen) atoms. The summed E-state index contributed by atoms with van der Waals surface area (Å²) in [4.78, 5) is 11.8. The summed E-state index contributed by atoms with van der Waals surface area (Å²) in [7, 11) is 0. The summed E-state index contributed by atoms with van der Waals surface area (Å²) < 4.78 is 5.92. The standard InChI is InChI=1S/C21H18N4O/c1-2-8-18(9-3-1)26-19-10-4-7-17(14-19)25-20(21-23-12-13-24-21)16-6-5-11-22-15-16/h1-15,20,25H,(H,23,24)/t20-/m0/s1. The van der Waals surface area contributed by atoms with E-state index in [-0.39, 0.29) is 6.04 Å². The molecule has 0 fully saturated rings. The third kappa shape index (κ3) is 3.72. The van der Waals surface area contributed by atoms with Gasteiger partial charge in [-0.3, -0.25) is 4.98 Å². The molecular weight excluding hydrogens is 324 g/mol. The Bertz CT molecular complexity index is 940. The van der Waals surface area contributed by atoms with E-state index in [2.05, 4.69) is 20.3 Å². The van der Waals surface area contributed by atoms with Crippen LogP contribution in [0.2, 0.25) is 0 Å². The number of nitrogens with one attached hydrogen (secondary N) is 2. The number of aromatic nitrogens is 3. The molecule has 1 atom stereocenters. The lowest BCUT2D eigenvalue weighted by Gasteiger charge is -2.18. The average molecular weight is 342 g/mol. The lowest BCUT2D eigenvalue weighted by atomic mass is 10.1. The van der Waals surface area contributed by atoms with E-state index in [1.807, 2.05) is 79.1 Å². The Morgan fingerprint density at radius 3 is 2.54 bits per heavy atom. The van der Waals surface area contributed by atoms with Crippen molar-refractivity contribution in [3.05, 3.63) is 103 Å². The van der Waals surface area contributed by atoms with Crippen LogP contribution in [0.3, 0.4) is 0 Å². The Kier molecular flexibility index (Phi) is 4.60. The van der Waals surface area contributed by atoms with Crippen LogP contribution in [-0.2, 0) is 0 Å². The maximum absolute atomic E-state index is 5.92. The zero-order valence-electron chi connectivity index (χ0n) is 14.0. The first-order valence-corrected chi connectivity index (χ1v) is 8.37. The van der Waals surface area contributed by atoms with Gasteiger partial charge in [-0.15, -0.1) is 0 Å². The van der Waals surface area contributed by atoms with Crippen LogP contribution in [-0.4, -0.2) is 15.0 Å². The molecule has 2 aromatic heterocycles. The van der Waals surface area contributed by atoms with Crippen LogP contribution in [0.4, 0.5) is 5.69 Å². The molecule has 0 spiro atoms. The van der Waals surface area contributed by atoms with Crippen molar-refractivity contribution in [3.8, 4) is 11.5 Å². The Balaban J connectivity index is 1.59. The molecule has 0 amide bonds. The van der Waals surface area contributed by atoms with Crippen molar-refractivity contribution in [1.29, 1.82) is 0 Å². The van der Waals surface area contributed by atoms with Crippen molar-refractivity contribution in [3.63, 3.8) is 0 Å². The number of nitrogens with zero attached hydrogens (tertiary/aromatic N) is 2. The van der Waals surface area contributed by atoms with Crippen LogP contribution in [0, 0.1) is 0 Å². The minimum atomic E-state index is -0.134. The summed E-state index contributed by atoms with van der Waals surface area (Å²) >= 11 is 0. The highest BCUT2D eigenvalue weighted by molar-refractivity contribution is 5.52. The van der Waals surface area contributed by atoms with Gasteiger partial charge in [0.1, 0.15) is 23.4 Å². The smallest absolute Gasteiger partial charge is 0.133 e. The molecule has 2 aromatic carbocycles. The normalized spacial score (nSPS) is 11.7. The van der Waals surface area contributed by atoms with Crippen LogP contribution in [0.1, 0.15) is 17.4 Å². The molecule has 2 N–H and O–H groups in total. The van der Waals surface area contributed by atoms with Gasteiger partial charge in [0, 0.05) is 42.1 Å². The summed E-state index contributed by atoms with van der Waals surface area (Å²) in [5.41, 5.74) is 1.96. The largest absolute Gasteiger partial charge is 0.457 e.